The van der Waals surface area contributed by atoms with E-state index in [1.165, 1.54) is 24.4 Å². The van der Waals surface area contributed by atoms with Gasteiger partial charge in [-0.2, -0.15) is 0 Å². The molecule has 3 rings (SSSR count). The maximum absolute atomic E-state index is 13.4. The van der Waals surface area contributed by atoms with Crippen LogP contribution in [0.15, 0.2) is 29.8 Å². The van der Waals surface area contributed by atoms with Crippen molar-refractivity contribution in [3.05, 3.63) is 51.9 Å². The number of carbonyl (C=O) groups is 2. The van der Waals surface area contributed by atoms with E-state index in [9.17, 15) is 18.5 Å². The minimum atomic E-state index is -3.01. The average molecular weight is 454 g/mol. The minimum absolute atomic E-state index is 0.00986. The molecule has 0 aliphatic rings. The molecule has 2 heterocycles. The van der Waals surface area contributed by atoms with Gasteiger partial charge in [0.15, 0.2) is 5.01 Å². The van der Waals surface area contributed by atoms with E-state index < -0.39 is 26.1 Å². The fourth-order valence-electron chi connectivity index (χ4n) is 2.89. The number of ketones is 1. The molecular weight excluding hydrogens is 434 g/mol. The van der Waals surface area contributed by atoms with E-state index in [0.29, 0.717) is 28.6 Å². The van der Waals surface area contributed by atoms with E-state index in [-0.39, 0.29) is 30.2 Å². The molecule has 2 unspecified atom stereocenters. The molecule has 0 aliphatic carbocycles. The lowest BCUT2D eigenvalue weighted by atomic mass is 10.1. The van der Waals surface area contributed by atoms with Gasteiger partial charge in [-0.1, -0.05) is 6.92 Å². The molecule has 0 aliphatic heterocycles. The highest BCUT2D eigenvalue weighted by Crippen LogP contribution is 2.27. The second-order valence-electron chi connectivity index (χ2n) is 6.40. The van der Waals surface area contributed by atoms with Gasteiger partial charge in [0.2, 0.25) is 5.78 Å². The molecule has 0 bridgehead atoms. The highest BCUT2D eigenvalue weighted by Gasteiger charge is 2.22. The number of thiazole rings is 1. The lowest BCUT2D eigenvalue weighted by Crippen LogP contribution is -2.12. The van der Waals surface area contributed by atoms with E-state index >= 15 is 0 Å². The van der Waals surface area contributed by atoms with E-state index in [4.69, 9.17) is 9.63 Å². The number of hydrogen-bond donors (Lipinski definition) is 2. The van der Waals surface area contributed by atoms with Crippen LogP contribution in [0.5, 0.6) is 0 Å². The predicted octanol–water partition coefficient (Wildman–Crippen LogP) is 4.17. The number of benzene rings is 1. The van der Waals surface area contributed by atoms with Crippen molar-refractivity contribution in [3.63, 3.8) is 0 Å². The molecule has 160 valence electrons. The van der Waals surface area contributed by atoms with Crippen LogP contribution in [0.1, 0.15) is 53.3 Å². The molecule has 2 N–H and O–H groups in total. The number of fused-ring (bicyclic) bond motifs is 1. The summed E-state index contributed by atoms with van der Waals surface area (Å²) in [6.07, 6.45) is 1.68. The van der Waals surface area contributed by atoms with Crippen molar-refractivity contribution >= 4 is 42.2 Å². The smallest absolute Gasteiger partial charge is 0.316 e. The van der Waals surface area contributed by atoms with Crippen LogP contribution in [0, 0.1) is 5.82 Å². The van der Waals surface area contributed by atoms with E-state index in [2.05, 4.69) is 14.5 Å². The number of aromatic amines is 1. The summed E-state index contributed by atoms with van der Waals surface area (Å²) >= 11 is 1.14. The van der Waals surface area contributed by atoms with Crippen LogP contribution in [-0.2, 0) is 18.6 Å². The van der Waals surface area contributed by atoms with Crippen molar-refractivity contribution in [2.45, 2.75) is 32.3 Å². The summed E-state index contributed by atoms with van der Waals surface area (Å²) in [6.45, 7) is 1.82. The third-order valence-corrected chi connectivity index (χ3v) is 5.64. The van der Waals surface area contributed by atoms with Crippen molar-refractivity contribution in [2.75, 3.05) is 6.61 Å². The molecule has 1 aromatic carbocycles. The maximum Gasteiger partial charge on any atom is 0.316 e. The van der Waals surface area contributed by atoms with Crippen LogP contribution in [-0.4, -0.2) is 33.2 Å². The van der Waals surface area contributed by atoms with Crippen LogP contribution in [0.3, 0.4) is 0 Å². The highest BCUT2D eigenvalue weighted by molar-refractivity contribution is 7.32. The van der Waals surface area contributed by atoms with Crippen molar-refractivity contribution in [1.82, 2.24) is 9.97 Å². The summed E-state index contributed by atoms with van der Waals surface area (Å²) in [7, 11) is -3.01. The molecule has 8 nitrogen and oxygen atoms in total. The molecule has 30 heavy (non-hydrogen) atoms. The van der Waals surface area contributed by atoms with Crippen molar-refractivity contribution < 1.29 is 32.7 Å². The van der Waals surface area contributed by atoms with Gasteiger partial charge in [0, 0.05) is 28.9 Å². The normalized spacial score (nSPS) is 13.3. The van der Waals surface area contributed by atoms with Crippen LogP contribution >= 0.6 is 19.6 Å². The summed E-state index contributed by atoms with van der Waals surface area (Å²) in [4.78, 5) is 40.7. The number of rotatable bonds is 10. The molecule has 0 saturated carbocycles. The van der Waals surface area contributed by atoms with Gasteiger partial charge in [-0.15, -0.1) is 11.3 Å². The lowest BCUT2D eigenvalue weighted by Gasteiger charge is -2.14. The van der Waals surface area contributed by atoms with Crippen LogP contribution in [0.4, 0.5) is 4.39 Å². The summed E-state index contributed by atoms with van der Waals surface area (Å²) in [5, 5.41) is 2.51. The SMILES string of the molecule is CCC(OC(=O)CCCO[PH](=O)O)c1csc(C(=O)c2c[nH]c3cc(F)ccc23)n1. The Labute approximate surface area is 176 Å². The summed E-state index contributed by atoms with van der Waals surface area (Å²) < 4.78 is 33.8. The second kappa shape index (κ2) is 10.1. The lowest BCUT2D eigenvalue weighted by molar-refractivity contribution is -0.150. The van der Waals surface area contributed by atoms with E-state index in [0.717, 1.165) is 11.3 Å². The number of carbonyl (C=O) groups excluding carboxylic acids is 2. The number of esters is 1. The van der Waals surface area contributed by atoms with Gasteiger partial charge in [-0.3, -0.25) is 14.2 Å². The zero-order valence-corrected chi connectivity index (χ0v) is 17.8. The quantitative estimate of drug-likeness (QED) is 0.204. The third-order valence-electron chi connectivity index (χ3n) is 4.33. The highest BCUT2D eigenvalue weighted by atomic mass is 32.1. The van der Waals surface area contributed by atoms with Crippen LogP contribution in [0.2, 0.25) is 0 Å². The first-order chi connectivity index (χ1) is 14.4. The van der Waals surface area contributed by atoms with Crippen LogP contribution in [0.25, 0.3) is 10.9 Å². The largest absolute Gasteiger partial charge is 0.456 e. The number of aromatic nitrogens is 2. The zero-order valence-electron chi connectivity index (χ0n) is 16.0. The number of nitrogens with one attached hydrogen (secondary N) is 1. The average Bonchev–Trinajstić information content (AvgIpc) is 3.36. The summed E-state index contributed by atoms with van der Waals surface area (Å²) in [5.41, 5.74) is 1.38. The van der Waals surface area contributed by atoms with Gasteiger partial charge in [-0.05, 0) is 31.0 Å². The fraction of sp³-hybridized carbons (Fsp3) is 0.316. The van der Waals surface area contributed by atoms with E-state index in [1.807, 2.05) is 6.92 Å². The Morgan fingerprint density at radius 2 is 2.20 bits per heavy atom. The number of ether oxygens (including phenoxy) is 1. The number of halogens is 1. The molecule has 0 fully saturated rings. The van der Waals surface area contributed by atoms with Gasteiger partial charge in [0.25, 0.3) is 0 Å². The second-order valence-corrected chi connectivity index (χ2v) is 8.08. The van der Waals surface area contributed by atoms with Crippen molar-refractivity contribution in [3.8, 4) is 0 Å². The summed E-state index contributed by atoms with van der Waals surface area (Å²) in [6, 6.07) is 4.14. The number of hydrogen-bond acceptors (Lipinski definition) is 7. The Morgan fingerprint density at radius 1 is 1.40 bits per heavy atom. The maximum atomic E-state index is 13.4. The first-order valence-corrected chi connectivity index (χ1v) is 11.3. The topological polar surface area (TPSA) is 119 Å². The molecule has 3 aromatic rings. The molecular formula is C19H20FN2O6PS. The van der Waals surface area contributed by atoms with Crippen molar-refractivity contribution in [2.24, 2.45) is 0 Å². The monoisotopic (exact) mass is 454 g/mol. The zero-order chi connectivity index (χ0) is 21.7. The Balaban J connectivity index is 1.66. The number of nitrogens with zero attached hydrogens (tertiary/aromatic N) is 1. The molecule has 2 aromatic heterocycles. The van der Waals surface area contributed by atoms with Gasteiger partial charge in [-0.25, -0.2) is 9.37 Å². The molecule has 0 saturated heterocycles. The first-order valence-electron chi connectivity index (χ1n) is 9.21. The van der Waals surface area contributed by atoms with Gasteiger partial charge in [0.1, 0.15) is 11.9 Å². The standard InChI is InChI=1S/C19H20FN2O6PS/c1-2-16(28-17(23)4-3-7-27-29(25)26)15-10-30-19(22-15)18(24)13-9-21-14-8-11(20)5-6-12(13)14/h5-6,8-10,16,21,29H,2-4,7H2,1H3,(H,25,26). The van der Waals surface area contributed by atoms with Crippen molar-refractivity contribution in [1.29, 1.82) is 0 Å². The van der Waals surface area contributed by atoms with E-state index in [1.54, 1.807) is 5.38 Å². The Morgan fingerprint density at radius 3 is 2.93 bits per heavy atom. The molecule has 0 amide bonds. The Hall–Kier alpha value is -2.39. The van der Waals surface area contributed by atoms with Gasteiger partial charge < -0.3 is 19.1 Å². The molecule has 2 atom stereocenters. The summed E-state index contributed by atoms with van der Waals surface area (Å²) in [5.74, 6) is -1.19. The van der Waals surface area contributed by atoms with Gasteiger partial charge in [0.05, 0.1) is 17.9 Å². The fourth-order valence-corrected chi connectivity index (χ4v) is 4.02. The Bertz CT molecular complexity index is 1080. The molecule has 11 heteroatoms. The minimum Gasteiger partial charge on any atom is -0.456 e. The molecule has 0 radical (unpaired) electrons. The number of H-pyrrole nitrogens is 1. The predicted molar refractivity (Wildman–Crippen MR) is 109 cm³/mol. The Kier molecular flexibility index (Phi) is 7.49. The third kappa shape index (κ3) is 5.40. The first kappa shape index (κ1) is 22.3. The van der Waals surface area contributed by atoms with Gasteiger partial charge >= 0.3 is 14.2 Å². The molecule has 0 spiro atoms. The van der Waals surface area contributed by atoms with Crippen LogP contribution < -0.4 is 0 Å².